The van der Waals surface area contributed by atoms with E-state index in [2.05, 4.69) is 60.1 Å². The number of nitrogens with zero attached hydrogens (tertiary/aromatic N) is 6. The average molecular weight is 585 g/mol. The van der Waals surface area contributed by atoms with Crippen molar-refractivity contribution in [3.05, 3.63) is 77.1 Å². The first-order valence-electron chi connectivity index (χ1n) is 14.9. The normalized spacial score (nSPS) is 22.4. The largest absolute Gasteiger partial charge is 0.484 e. The summed E-state index contributed by atoms with van der Waals surface area (Å²) in [5, 5.41) is 24.6. The van der Waals surface area contributed by atoms with E-state index in [1.54, 1.807) is 6.07 Å². The molecule has 1 aliphatic carbocycles. The van der Waals surface area contributed by atoms with Crippen LogP contribution in [0.2, 0.25) is 0 Å². The van der Waals surface area contributed by atoms with Gasteiger partial charge in [0.25, 0.3) is 0 Å². The highest BCUT2D eigenvalue weighted by Crippen LogP contribution is 2.40. The van der Waals surface area contributed by atoms with Crippen molar-refractivity contribution in [1.82, 2.24) is 34.8 Å². The molecular weight excluding hydrogens is 544 g/mol. The van der Waals surface area contributed by atoms with Crippen molar-refractivity contribution in [3.63, 3.8) is 0 Å². The Morgan fingerprint density at radius 1 is 1.12 bits per heavy atom. The van der Waals surface area contributed by atoms with Gasteiger partial charge < -0.3 is 15.2 Å². The van der Waals surface area contributed by atoms with E-state index in [1.165, 1.54) is 0 Å². The van der Waals surface area contributed by atoms with E-state index in [0.29, 0.717) is 12.2 Å². The number of hydrogen-bond donors (Lipinski definition) is 3. The molecule has 1 fully saturated rings. The van der Waals surface area contributed by atoms with Gasteiger partial charge in [-0.15, -0.1) is 10.2 Å². The van der Waals surface area contributed by atoms with Gasteiger partial charge >= 0.3 is 6.03 Å². The van der Waals surface area contributed by atoms with Gasteiger partial charge in [-0.05, 0) is 69.5 Å². The topological polar surface area (TPSA) is 130 Å². The number of aliphatic hydroxyl groups excluding tert-OH is 1. The zero-order chi connectivity index (χ0) is 30.4. The molecule has 226 valence electrons. The van der Waals surface area contributed by atoms with Crippen molar-refractivity contribution in [2.75, 3.05) is 18.9 Å². The summed E-state index contributed by atoms with van der Waals surface area (Å²) in [6.45, 7) is 9.03. The van der Waals surface area contributed by atoms with Crippen LogP contribution in [0.3, 0.4) is 0 Å². The molecule has 11 heteroatoms. The number of rotatable bonds is 6. The summed E-state index contributed by atoms with van der Waals surface area (Å²) in [5.74, 6) is 2.30. The summed E-state index contributed by atoms with van der Waals surface area (Å²) in [7, 11) is 2.14. The van der Waals surface area contributed by atoms with Crippen molar-refractivity contribution in [2.45, 2.75) is 83.1 Å². The van der Waals surface area contributed by atoms with E-state index in [1.807, 2.05) is 57.3 Å². The number of likely N-dealkylation sites (tertiary alicyclic amines) is 1. The first kappa shape index (κ1) is 29.0. The van der Waals surface area contributed by atoms with Crippen LogP contribution in [0, 0.1) is 0 Å². The lowest BCUT2D eigenvalue weighted by Crippen LogP contribution is -2.37. The maximum Gasteiger partial charge on any atom is 0.320 e. The number of ether oxygens (including phenoxy) is 1. The second-order valence-electron chi connectivity index (χ2n) is 12.8. The van der Waals surface area contributed by atoms with Crippen molar-refractivity contribution < 1.29 is 14.6 Å². The number of urea groups is 1. The lowest BCUT2D eigenvalue weighted by atomic mass is 9.85. The molecule has 1 aliphatic heterocycles. The van der Waals surface area contributed by atoms with Crippen LogP contribution in [0.25, 0.3) is 5.65 Å². The Morgan fingerprint density at radius 2 is 1.91 bits per heavy atom. The molecule has 0 radical (unpaired) electrons. The smallest absolute Gasteiger partial charge is 0.320 e. The quantitative estimate of drug-likeness (QED) is 0.288. The molecule has 3 N–H and O–H groups in total. The second-order valence-corrected chi connectivity index (χ2v) is 12.8. The van der Waals surface area contributed by atoms with Gasteiger partial charge in [0.1, 0.15) is 24.3 Å². The van der Waals surface area contributed by atoms with Crippen LogP contribution in [0.15, 0.2) is 48.7 Å². The molecule has 3 aromatic heterocycles. The monoisotopic (exact) mass is 584 g/mol. The Balaban J connectivity index is 1.19. The molecule has 43 heavy (non-hydrogen) atoms. The van der Waals surface area contributed by atoms with Crippen LogP contribution in [-0.4, -0.2) is 54.2 Å². The Morgan fingerprint density at radius 3 is 2.63 bits per heavy atom. The fourth-order valence-electron chi connectivity index (χ4n) is 6.20. The number of pyridine rings is 1. The Bertz CT molecular complexity index is 1650. The van der Waals surface area contributed by atoms with Gasteiger partial charge in [-0.1, -0.05) is 45.0 Å². The average Bonchev–Trinajstić information content (AvgIpc) is 3.56. The summed E-state index contributed by atoms with van der Waals surface area (Å²) in [6.07, 6.45) is 5.43. The number of hydrogen-bond acceptors (Lipinski definition) is 8. The number of benzene rings is 1. The summed E-state index contributed by atoms with van der Waals surface area (Å²) in [6, 6.07) is 13.2. The van der Waals surface area contributed by atoms with Gasteiger partial charge in [0.2, 0.25) is 0 Å². The fourth-order valence-corrected chi connectivity index (χ4v) is 6.20. The lowest BCUT2D eigenvalue weighted by Gasteiger charge is -2.32. The molecule has 1 saturated heterocycles. The molecular formula is C32H40N8O3. The van der Waals surface area contributed by atoms with Gasteiger partial charge in [-0.2, -0.15) is 0 Å². The van der Waals surface area contributed by atoms with Crippen LogP contribution >= 0.6 is 0 Å². The van der Waals surface area contributed by atoms with Crippen molar-refractivity contribution >= 4 is 17.5 Å². The van der Waals surface area contributed by atoms with E-state index in [4.69, 9.17) is 4.74 Å². The van der Waals surface area contributed by atoms with E-state index in [9.17, 15) is 9.90 Å². The first-order chi connectivity index (χ1) is 20.5. The molecule has 0 saturated carbocycles. The van der Waals surface area contributed by atoms with E-state index in [0.717, 1.165) is 59.8 Å². The number of aliphatic hydroxyl groups is 1. The predicted molar refractivity (Wildman–Crippen MR) is 163 cm³/mol. The molecule has 3 atom stereocenters. The molecule has 6 rings (SSSR count). The molecule has 0 bridgehead atoms. The first-order valence-corrected chi connectivity index (χ1v) is 14.9. The van der Waals surface area contributed by atoms with Gasteiger partial charge in [-0.25, -0.2) is 14.8 Å². The summed E-state index contributed by atoms with van der Waals surface area (Å²) < 4.78 is 8.65. The number of aromatic nitrogens is 5. The highest BCUT2D eigenvalue weighted by atomic mass is 16.5. The number of carbonyl (C=O) groups is 1. The van der Waals surface area contributed by atoms with Crippen molar-refractivity contribution in [3.8, 4) is 5.75 Å². The van der Waals surface area contributed by atoms with Crippen LogP contribution in [0.5, 0.6) is 5.75 Å². The summed E-state index contributed by atoms with van der Waals surface area (Å²) >= 11 is 0. The van der Waals surface area contributed by atoms with E-state index >= 15 is 0 Å². The molecule has 2 amide bonds. The predicted octanol–water partition coefficient (Wildman–Crippen LogP) is 5.03. The summed E-state index contributed by atoms with van der Waals surface area (Å²) in [5.41, 5.74) is 3.18. The van der Waals surface area contributed by atoms with Gasteiger partial charge in [0.15, 0.2) is 17.3 Å². The Hall–Kier alpha value is -4.09. The van der Waals surface area contributed by atoms with Crippen LogP contribution < -0.4 is 15.4 Å². The maximum absolute atomic E-state index is 13.1. The zero-order valence-electron chi connectivity index (χ0n) is 25.5. The third-order valence-electron chi connectivity index (χ3n) is 8.80. The molecule has 2 aliphatic rings. The van der Waals surface area contributed by atoms with Crippen LogP contribution in [0.4, 0.5) is 10.6 Å². The number of anilines is 1. The molecule has 1 aromatic carbocycles. The minimum Gasteiger partial charge on any atom is -0.484 e. The van der Waals surface area contributed by atoms with Crippen LogP contribution in [0.1, 0.15) is 94.0 Å². The number of fused-ring (bicyclic) bond motifs is 2. The second kappa shape index (κ2) is 11.2. The van der Waals surface area contributed by atoms with Gasteiger partial charge in [0.05, 0.1) is 23.5 Å². The number of amides is 2. The third-order valence-corrected chi connectivity index (χ3v) is 8.80. The molecule has 0 spiro atoms. The minimum absolute atomic E-state index is 0.164. The minimum atomic E-state index is -0.363. The molecule has 1 unspecified atom stereocenters. The molecule has 11 nitrogen and oxygen atoms in total. The maximum atomic E-state index is 13.1. The Labute approximate surface area is 251 Å². The molecule has 4 heterocycles. The zero-order valence-corrected chi connectivity index (χ0v) is 25.5. The molecule has 4 aromatic rings. The highest BCUT2D eigenvalue weighted by Gasteiger charge is 2.40. The lowest BCUT2D eigenvalue weighted by molar-refractivity contribution is 0.170. The summed E-state index contributed by atoms with van der Waals surface area (Å²) in [4.78, 5) is 24.2. The van der Waals surface area contributed by atoms with Gasteiger partial charge in [-0.3, -0.25) is 14.6 Å². The van der Waals surface area contributed by atoms with Gasteiger partial charge in [0, 0.05) is 11.5 Å². The highest BCUT2D eigenvalue weighted by molar-refractivity contribution is 5.88. The number of carbonyl (C=O) groups excluding carboxylic acids is 1. The third kappa shape index (κ3) is 5.66. The Kier molecular flexibility index (Phi) is 7.55. The van der Waals surface area contributed by atoms with Crippen molar-refractivity contribution in [2.24, 2.45) is 0 Å². The standard InChI is InChI=1S/C32H40N8O3/c1-31(2,3)25-17-26(35-27(19-41)34-25)36-30(42)33-23-12-13-24(22-10-7-6-9-21(22)23)43-20-11-14-28-37-38-29(40(28)18-20)32(4)15-8-16-39(32)5/h6-7,9-11,14,17-18,23-24,41H,8,12-13,15-16,19H2,1-5H3,(H2,33,34,35,36,42)/t23-,24+,32?/m0/s1. The van der Waals surface area contributed by atoms with Crippen molar-refractivity contribution in [1.29, 1.82) is 0 Å². The van der Waals surface area contributed by atoms with E-state index < -0.39 is 0 Å². The fraction of sp³-hybridized carbons (Fsp3) is 0.469. The van der Waals surface area contributed by atoms with Crippen LogP contribution in [-0.2, 0) is 17.6 Å². The number of nitrogens with one attached hydrogen (secondary N) is 2. The van der Waals surface area contributed by atoms with E-state index in [-0.39, 0.29) is 41.6 Å². The SMILES string of the molecule is CN1CCCC1(C)c1nnc2ccc(O[C@@H]3CC[C@H](NC(=O)Nc4cc(C(C)(C)C)nc(CO)n4)c4ccccc43)cn12.